The van der Waals surface area contributed by atoms with Crippen LogP contribution in [0.5, 0.6) is 0 Å². The third kappa shape index (κ3) is 7.85. The second-order valence-electron chi connectivity index (χ2n) is 10.5. The standard InChI is InChI=1S/C29H26ClF4N5O4S/c1-29(2,14-44(42)43)8-7-18-3-4-19(20-5-6-21(30)24-26(20)39(13-23(33)34)38-27(24)35)25(36-18)22(37-28(40)41)11-15-9-16(31)12-17(32)10-15/h3-6,9-10,12,22-23,37H,11,13-14H2,1-2H3,(H2,35,38)(H,40,41)(H,42,43)/t22-/m0/s1. The number of alkyl halides is 2. The van der Waals surface area contributed by atoms with E-state index in [0.29, 0.717) is 6.07 Å². The Balaban J connectivity index is 1.99. The number of benzene rings is 2. The summed E-state index contributed by atoms with van der Waals surface area (Å²) in [6.07, 6.45) is -4.54. The Bertz CT molecular complexity index is 1800. The second-order valence-corrected chi connectivity index (χ2v) is 11.8. The number of carboxylic acid groups (broad SMARTS) is 1. The van der Waals surface area contributed by atoms with Crippen molar-refractivity contribution in [3.63, 3.8) is 0 Å². The van der Waals surface area contributed by atoms with Crippen LogP contribution in [-0.4, -0.2) is 46.9 Å². The lowest BCUT2D eigenvalue weighted by Gasteiger charge is -2.21. The van der Waals surface area contributed by atoms with E-state index in [4.69, 9.17) is 17.3 Å². The van der Waals surface area contributed by atoms with Crippen molar-refractivity contribution in [3.05, 3.63) is 76.1 Å². The third-order valence-electron chi connectivity index (χ3n) is 6.40. The molecule has 2 aromatic carbocycles. The van der Waals surface area contributed by atoms with Crippen LogP contribution in [0.15, 0.2) is 42.5 Å². The average molecular weight is 652 g/mol. The fourth-order valence-electron chi connectivity index (χ4n) is 4.73. The van der Waals surface area contributed by atoms with Crippen molar-refractivity contribution >= 4 is 45.5 Å². The molecule has 1 amide bonds. The highest BCUT2D eigenvalue weighted by atomic mass is 35.5. The summed E-state index contributed by atoms with van der Waals surface area (Å²) in [5.74, 6) is 3.68. The third-order valence-corrected chi connectivity index (χ3v) is 7.68. The van der Waals surface area contributed by atoms with Gasteiger partial charge in [0, 0.05) is 22.6 Å². The normalized spacial score (nSPS) is 13.0. The number of nitrogens with two attached hydrogens (primary N) is 1. The molecule has 2 aromatic heterocycles. The Labute approximate surface area is 256 Å². The molecule has 232 valence electrons. The van der Waals surface area contributed by atoms with Gasteiger partial charge in [-0.3, -0.25) is 4.68 Å². The number of hydrogen-bond donors (Lipinski definition) is 4. The number of carbonyl (C=O) groups is 1. The number of hydrogen-bond acceptors (Lipinski definition) is 5. The Kier molecular flexibility index (Phi) is 9.82. The number of nitrogens with one attached hydrogen (secondary N) is 1. The molecule has 0 saturated carbocycles. The molecule has 0 aliphatic carbocycles. The van der Waals surface area contributed by atoms with Gasteiger partial charge in [0.2, 0.25) is 0 Å². The van der Waals surface area contributed by atoms with Crippen LogP contribution in [0.1, 0.15) is 36.8 Å². The topological polar surface area (TPSA) is 143 Å². The van der Waals surface area contributed by atoms with E-state index in [9.17, 15) is 36.2 Å². The predicted octanol–water partition coefficient (Wildman–Crippen LogP) is 6.03. The number of fused-ring (bicyclic) bond motifs is 1. The number of nitrogen functional groups attached to an aromatic ring is 1. The molecule has 0 radical (unpaired) electrons. The summed E-state index contributed by atoms with van der Waals surface area (Å²) in [6.45, 7) is 2.47. The molecule has 9 nitrogen and oxygen atoms in total. The largest absolute Gasteiger partial charge is 0.465 e. The zero-order valence-electron chi connectivity index (χ0n) is 23.2. The Hall–Kier alpha value is -4.19. The molecule has 0 fully saturated rings. The highest BCUT2D eigenvalue weighted by Crippen LogP contribution is 2.39. The Morgan fingerprint density at radius 1 is 1.16 bits per heavy atom. The minimum atomic E-state index is -2.81. The lowest BCUT2D eigenvalue weighted by atomic mass is 9.93. The maximum Gasteiger partial charge on any atom is 0.405 e. The molecule has 2 atom stereocenters. The molecular weight excluding hydrogens is 626 g/mol. The van der Waals surface area contributed by atoms with Crippen molar-refractivity contribution in [2.75, 3.05) is 11.5 Å². The van der Waals surface area contributed by atoms with Crippen molar-refractivity contribution in [1.29, 1.82) is 0 Å². The van der Waals surface area contributed by atoms with Crippen molar-refractivity contribution < 1.29 is 36.2 Å². The van der Waals surface area contributed by atoms with E-state index in [1.54, 1.807) is 13.8 Å². The summed E-state index contributed by atoms with van der Waals surface area (Å²) >= 11 is 4.24. The van der Waals surface area contributed by atoms with Crippen molar-refractivity contribution in [1.82, 2.24) is 20.1 Å². The van der Waals surface area contributed by atoms with Crippen LogP contribution in [0.25, 0.3) is 22.0 Å². The minimum Gasteiger partial charge on any atom is -0.465 e. The number of amides is 1. The lowest BCUT2D eigenvalue weighted by molar-refractivity contribution is 0.123. The number of aromatic nitrogens is 3. The molecule has 4 aromatic rings. The summed E-state index contributed by atoms with van der Waals surface area (Å²) in [4.78, 5) is 16.5. The summed E-state index contributed by atoms with van der Waals surface area (Å²) in [6, 6.07) is 7.54. The summed E-state index contributed by atoms with van der Waals surface area (Å²) in [5.41, 5.74) is 6.07. The van der Waals surface area contributed by atoms with Gasteiger partial charge < -0.3 is 20.7 Å². The lowest BCUT2D eigenvalue weighted by Crippen LogP contribution is -2.30. The number of halogens is 5. The minimum absolute atomic E-state index is 0.0411. The zero-order valence-corrected chi connectivity index (χ0v) is 24.8. The average Bonchev–Trinajstić information content (AvgIpc) is 3.21. The SMILES string of the molecule is CC(C)(C#Cc1ccc(-c2ccc(Cl)c3c(N)nn(CC(F)F)c23)c([C@H](Cc2cc(F)cc(F)c2)NC(=O)O)n1)CS(=O)O. The summed E-state index contributed by atoms with van der Waals surface area (Å²) in [5, 5.41) is 16.4. The molecule has 0 aliphatic heterocycles. The van der Waals surface area contributed by atoms with Crippen molar-refractivity contribution in [2.24, 2.45) is 5.41 Å². The van der Waals surface area contributed by atoms with Gasteiger partial charge in [-0.1, -0.05) is 23.6 Å². The first-order chi connectivity index (χ1) is 20.6. The van der Waals surface area contributed by atoms with Crippen LogP contribution in [0.4, 0.5) is 28.2 Å². The molecule has 1 unspecified atom stereocenters. The molecule has 15 heteroatoms. The summed E-state index contributed by atoms with van der Waals surface area (Å²) < 4.78 is 76.9. The van der Waals surface area contributed by atoms with Crippen LogP contribution < -0.4 is 11.1 Å². The summed E-state index contributed by atoms with van der Waals surface area (Å²) in [7, 11) is 0. The van der Waals surface area contributed by atoms with E-state index >= 15 is 0 Å². The van der Waals surface area contributed by atoms with Gasteiger partial charge in [-0.15, -0.1) is 0 Å². The molecule has 0 spiro atoms. The molecule has 2 heterocycles. The molecule has 5 N–H and O–H groups in total. The van der Waals surface area contributed by atoms with Gasteiger partial charge in [0.25, 0.3) is 6.43 Å². The van der Waals surface area contributed by atoms with E-state index in [0.717, 1.165) is 16.8 Å². The second kappa shape index (κ2) is 13.2. The van der Waals surface area contributed by atoms with Crippen LogP contribution in [0.2, 0.25) is 5.02 Å². The quantitative estimate of drug-likeness (QED) is 0.0983. The monoisotopic (exact) mass is 651 g/mol. The van der Waals surface area contributed by atoms with Gasteiger partial charge >= 0.3 is 6.09 Å². The number of rotatable bonds is 9. The number of anilines is 1. The van der Waals surface area contributed by atoms with Crippen molar-refractivity contribution in [2.45, 2.75) is 39.3 Å². The number of nitrogens with zero attached hydrogens (tertiary/aromatic N) is 3. The van der Waals surface area contributed by atoms with E-state index < -0.39 is 53.2 Å². The van der Waals surface area contributed by atoms with E-state index in [-0.39, 0.29) is 62.0 Å². The molecule has 0 saturated heterocycles. The first kappa shape index (κ1) is 32.7. The van der Waals surface area contributed by atoms with Gasteiger partial charge in [-0.25, -0.2) is 31.5 Å². The Morgan fingerprint density at radius 3 is 2.43 bits per heavy atom. The van der Waals surface area contributed by atoms with Gasteiger partial charge in [0.15, 0.2) is 16.9 Å². The highest BCUT2D eigenvalue weighted by Gasteiger charge is 2.26. The Morgan fingerprint density at radius 2 is 1.82 bits per heavy atom. The molecule has 0 bridgehead atoms. The van der Waals surface area contributed by atoms with Gasteiger partial charge in [0.05, 0.1) is 33.4 Å². The van der Waals surface area contributed by atoms with E-state index in [1.165, 1.54) is 24.3 Å². The fraction of sp³-hybridized carbons (Fsp3) is 0.276. The van der Waals surface area contributed by atoms with E-state index in [1.807, 2.05) is 0 Å². The molecule has 0 aliphatic rings. The van der Waals surface area contributed by atoms with Gasteiger partial charge in [0.1, 0.15) is 23.9 Å². The predicted molar refractivity (Wildman–Crippen MR) is 159 cm³/mol. The smallest absolute Gasteiger partial charge is 0.405 e. The van der Waals surface area contributed by atoms with Crippen LogP contribution >= 0.6 is 11.6 Å². The van der Waals surface area contributed by atoms with E-state index in [2.05, 4.69) is 27.2 Å². The maximum absolute atomic E-state index is 14.1. The number of pyridine rings is 1. The van der Waals surface area contributed by atoms with Crippen LogP contribution in [0.3, 0.4) is 0 Å². The fourth-order valence-corrected chi connectivity index (χ4v) is 5.67. The van der Waals surface area contributed by atoms with Gasteiger partial charge in [-0.05, 0) is 62.1 Å². The first-order valence-corrected chi connectivity index (χ1v) is 14.6. The molecule has 44 heavy (non-hydrogen) atoms. The zero-order chi connectivity index (χ0) is 32.3. The maximum atomic E-state index is 14.1. The molecule has 4 rings (SSSR count). The van der Waals surface area contributed by atoms with Gasteiger partial charge in [-0.2, -0.15) is 5.10 Å². The first-order valence-electron chi connectivity index (χ1n) is 12.9. The highest BCUT2D eigenvalue weighted by molar-refractivity contribution is 7.79. The molecular formula is C29H26ClF4N5O4S. The van der Waals surface area contributed by atoms with Crippen LogP contribution in [-0.2, 0) is 24.0 Å². The van der Waals surface area contributed by atoms with Crippen LogP contribution in [0, 0.1) is 28.9 Å². The van der Waals surface area contributed by atoms with Crippen molar-refractivity contribution in [3.8, 4) is 23.0 Å².